The molecule has 1 aliphatic heterocycles. The van der Waals surface area contributed by atoms with Crippen molar-refractivity contribution in [2.75, 3.05) is 31.1 Å². The van der Waals surface area contributed by atoms with Crippen LogP contribution in [-0.2, 0) is 6.54 Å². The molecule has 0 atom stereocenters. The van der Waals surface area contributed by atoms with Crippen LogP contribution in [0.3, 0.4) is 0 Å². The Bertz CT molecular complexity index is 551. The highest BCUT2D eigenvalue weighted by molar-refractivity contribution is 6.33. The number of para-hydroxylation sites is 1. The second-order valence-electron chi connectivity index (χ2n) is 5.23. The average Bonchev–Trinajstić information content (AvgIpc) is 2.50. The van der Waals surface area contributed by atoms with Gasteiger partial charge < -0.3 is 9.80 Å². The number of piperazine rings is 1. The number of aromatic nitrogens is 1. The molecule has 1 N–H and O–H groups in total. The van der Waals surface area contributed by atoms with Gasteiger partial charge in [0.05, 0.1) is 36.9 Å². The van der Waals surface area contributed by atoms with Gasteiger partial charge in [-0.05, 0) is 18.2 Å². The largest absolute Gasteiger partial charge is 0.359 e. The van der Waals surface area contributed by atoms with Crippen LogP contribution in [0.5, 0.6) is 0 Å². The first-order chi connectivity index (χ1) is 9.83. The van der Waals surface area contributed by atoms with Crippen molar-refractivity contribution >= 4 is 17.3 Å². The Morgan fingerprint density at radius 2 is 1.90 bits per heavy atom. The summed E-state index contributed by atoms with van der Waals surface area (Å²) in [5.41, 5.74) is 2.48. The smallest absolute Gasteiger partial charge is 0.104 e. The van der Waals surface area contributed by atoms with Crippen LogP contribution in [0.4, 0.5) is 5.69 Å². The number of quaternary nitrogens is 1. The highest BCUT2D eigenvalue weighted by Crippen LogP contribution is 2.24. The molecule has 3 rings (SSSR count). The first-order valence-electron chi connectivity index (χ1n) is 7.05. The molecule has 2 aromatic rings. The van der Waals surface area contributed by atoms with Gasteiger partial charge in [-0.1, -0.05) is 29.8 Å². The van der Waals surface area contributed by atoms with E-state index in [1.54, 1.807) is 4.90 Å². The van der Waals surface area contributed by atoms with Crippen LogP contribution in [-0.4, -0.2) is 31.2 Å². The number of benzene rings is 1. The van der Waals surface area contributed by atoms with E-state index in [9.17, 15) is 0 Å². The van der Waals surface area contributed by atoms with Crippen LogP contribution >= 0.6 is 11.6 Å². The SMILES string of the molecule is Clc1ccccc1N1CC[NH+](Cc2cccnc2)CC1. The maximum atomic E-state index is 6.27. The molecule has 0 amide bonds. The molecule has 1 saturated heterocycles. The molecule has 0 bridgehead atoms. The molecule has 20 heavy (non-hydrogen) atoms. The van der Waals surface area contributed by atoms with E-state index in [1.807, 2.05) is 30.6 Å². The van der Waals surface area contributed by atoms with Crippen molar-refractivity contribution in [3.63, 3.8) is 0 Å². The third kappa shape index (κ3) is 3.11. The zero-order valence-electron chi connectivity index (χ0n) is 11.4. The number of halogens is 1. The summed E-state index contributed by atoms with van der Waals surface area (Å²) in [5, 5.41) is 0.850. The van der Waals surface area contributed by atoms with E-state index in [2.05, 4.69) is 28.1 Å². The molecule has 1 fully saturated rings. The van der Waals surface area contributed by atoms with E-state index in [4.69, 9.17) is 11.6 Å². The van der Waals surface area contributed by atoms with Crippen molar-refractivity contribution in [2.24, 2.45) is 0 Å². The quantitative estimate of drug-likeness (QED) is 0.927. The van der Waals surface area contributed by atoms with Crippen molar-refractivity contribution in [1.82, 2.24) is 4.98 Å². The molecule has 0 saturated carbocycles. The minimum absolute atomic E-state index is 0.850. The van der Waals surface area contributed by atoms with Crippen molar-refractivity contribution in [3.8, 4) is 0 Å². The Hall–Kier alpha value is -1.58. The van der Waals surface area contributed by atoms with Gasteiger partial charge in [-0.25, -0.2) is 0 Å². The van der Waals surface area contributed by atoms with Gasteiger partial charge in [-0.15, -0.1) is 0 Å². The standard InChI is InChI=1S/C16H18ClN3/c17-15-5-1-2-6-16(15)20-10-8-19(9-11-20)13-14-4-3-7-18-12-14/h1-7,12H,8-11,13H2/p+1. The first kappa shape index (κ1) is 13.4. The van der Waals surface area contributed by atoms with E-state index in [-0.39, 0.29) is 0 Å². The summed E-state index contributed by atoms with van der Waals surface area (Å²) in [6.45, 7) is 5.45. The molecule has 0 unspecified atom stereocenters. The molecule has 0 radical (unpaired) electrons. The average molecular weight is 289 g/mol. The molecular formula is C16H19ClN3+. The summed E-state index contributed by atoms with van der Waals surface area (Å²) < 4.78 is 0. The molecule has 2 heterocycles. The minimum Gasteiger partial charge on any atom is -0.359 e. The summed E-state index contributed by atoms with van der Waals surface area (Å²) >= 11 is 6.27. The lowest BCUT2D eigenvalue weighted by molar-refractivity contribution is -0.914. The van der Waals surface area contributed by atoms with Gasteiger partial charge in [0.25, 0.3) is 0 Å². The van der Waals surface area contributed by atoms with Gasteiger partial charge in [0.1, 0.15) is 6.54 Å². The Balaban J connectivity index is 1.59. The first-order valence-corrected chi connectivity index (χ1v) is 7.42. The van der Waals surface area contributed by atoms with Gasteiger partial charge in [-0.2, -0.15) is 0 Å². The lowest BCUT2D eigenvalue weighted by atomic mass is 10.2. The molecule has 3 nitrogen and oxygen atoms in total. The van der Waals surface area contributed by atoms with Crippen molar-refractivity contribution in [2.45, 2.75) is 6.54 Å². The van der Waals surface area contributed by atoms with Gasteiger partial charge in [0.2, 0.25) is 0 Å². The van der Waals surface area contributed by atoms with Crippen molar-refractivity contribution < 1.29 is 4.90 Å². The summed E-state index contributed by atoms with van der Waals surface area (Å²) in [6, 6.07) is 12.3. The Kier molecular flexibility index (Phi) is 4.19. The Morgan fingerprint density at radius 1 is 1.10 bits per heavy atom. The Labute approximate surface area is 124 Å². The predicted molar refractivity (Wildman–Crippen MR) is 82.3 cm³/mol. The molecule has 0 spiro atoms. The number of hydrogen-bond acceptors (Lipinski definition) is 2. The van der Waals surface area contributed by atoms with Crippen molar-refractivity contribution in [1.29, 1.82) is 0 Å². The number of anilines is 1. The molecule has 104 valence electrons. The predicted octanol–water partition coefficient (Wildman–Crippen LogP) is 1.64. The highest BCUT2D eigenvalue weighted by atomic mass is 35.5. The molecule has 0 aliphatic carbocycles. The fourth-order valence-electron chi connectivity index (χ4n) is 2.74. The number of nitrogens with one attached hydrogen (secondary N) is 1. The zero-order valence-corrected chi connectivity index (χ0v) is 12.2. The summed E-state index contributed by atoms with van der Waals surface area (Å²) in [4.78, 5) is 8.18. The van der Waals surface area contributed by atoms with E-state index in [1.165, 1.54) is 5.56 Å². The lowest BCUT2D eigenvalue weighted by Crippen LogP contribution is -3.13. The third-order valence-electron chi connectivity index (χ3n) is 3.84. The van der Waals surface area contributed by atoms with Gasteiger partial charge in [-0.3, -0.25) is 4.98 Å². The third-order valence-corrected chi connectivity index (χ3v) is 4.16. The fourth-order valence-corrected chi connectivity index (χ4v) is 3.00. The van der Waals surface area contributed by atoms with E-state index >= 15 is 0 Å². The second-order valence-corrected chi connectivity index (χ2v) is 5.63. The van der Waals surface area contributed by atoms with Crippen LogP contribution < -0.4 is 9.80 Å². The van der Waals surface area contributed by atoms with E-state index in [0.717, 1.165) is 43.4 Å². The number of rotatable bonds is 3. The second kappa shape index (κ2) is 6.25. The number of hydrogen-bond donors (Lipinski definition) is 1. The van der Waals surface area contributed by atoms with E-state index in [0.29, 0.717) is 0 Å². The molecule has 1 aromatic carbocycles. The maximum Gasteiger partial charge on any atom is 0.104 e. The summed E-state index contributed by atoms with van der Waals surface area (Å²) in [6.07, 6.45) is 3.79. The van der Waals surface area contributed by atoms with Gasteiger partial charge in [0, 0.05) is 18.0 Å². The maximum absolute atomic E-state index is 6.27. The lowest BCUT2D eigenvalue weighted by Gasteiger charge is -2.34. The van der Waals surface area contributed by atoms with Gasteiger partial charge >= 0.3 is 0 Å². The fraction of sp³-hybridized carbons (Fsp3) is 0.312. The van der Waals surface area contributed by atoms with Crippen molar-refractivity contribution in [3.05, 3.63) is 59.4 Å². The normalized spacial score (nSPS) is 16.4. The van der Waals surface area contributed by atoms with Crippen LogP contribution in [0.2, 0.25) is 5.02 Å². The van der Waals surface area contributed by atoms with Crippen LogP contribution in [0.1, 0.15) is 5.56 Å². The molecular weight excluding hydrogens is 270 g/mol. The molecule has 4 heteroatoms. The van der Waals surface area contributed by atoms with Gasteiger partial charge in [0.15, 0.2) is 0 Å². The molecule has 1 aromatic heterocycles. The van der Waals surface area contributed by atoms with Crippen LogP contribution in [0.25, 0.3) is 0 Å². The van der Waals surface area contributed by atoms with E-state index < -0.39 is 0 Å². The number of pyridine rings is 1. The zero-order chi connectivity index (χ0) is 13.8. The number of nitrogens with zero attached hydrogens (tertiary/aromatic N) is 2. The Morgan fingerprint density at radius 3 is 2.60 bits per heavy atom. The highest BCUT2D eigenvalue weighted by Gasteiger charge is 2.21. The topological polar surface area (TPSA) is 20.6 Å². The summed E-state index contributed by atoms with van der Waals surface area (Å²) in [7, 11) is 0. The van der Waals surface area contributed by atoms with Crippen LogP contribution in [0.15, 0.2) is 48.8 Å². The summed E-state index contributed by atoms with van der Waals surface area (Å²) in [5.74, 6) is 0. The monoisotopic (exact) mass is 288 g/mol. The minimum atomic E-state index is 0.850. The van der Waals surface area contributed by atoms with Crippen LogP contribution in [0, 0.1) is 0 Å². The molecule has 1 aliphatic rings.